The minimum Gasteiger partial charge on any atom is -0.398 e. The van der Waals surface area contributed by atoms with E-state index in [-0.39, 0.29) is 0 Å². The zero-order valence-corrected chi connectivity index (χ0v) is 5.60. The van der Waals surface area contributed by atoms with E-state index in [0.29, 0.717) is 11.2 Å². The highest BCUT2D eigenvalue weighted by Crippen LogP contribution is 1.78. The van der Waals surface area contributed by atoms with Gasteiger partial charge in [-0.25, -0.2) is 0 Å². The van der Waals surface area contributed by atoms with E-state index in [1.54, 1.807) is 0 Å². The molecule has 0 aromatic heterocycles. The average molecular weight is 167 g/mol. The van der Waals surface area contributed by atoms with Crippen LogP contribution in [0.25, 0.3) is 0 Å². The van der Waals surface area contributed by atoms with Crippen LogP contribution in [0, 0.1) is 0 Å². The summed E-state index contributed by atoms with van der Waals surface area (Å²) in [5.41, 5.74) is 5.16. The zero-order valence-electron chi connectivity index (χ0n) is 4.02. The van der Waals surface area contributed by atoms with Crippen LogP contribution < -0.4 is 5.73 Å². The lowest BCUT2D eigenvalue weighted by Crippen LogP contribution is -2.12. The monoisotopic (exact) mass is 166 g/mol. The van der Waals surface area contributed by atoms with Crippen LogP contribution in [0.3, 0.4) is 0 Å². The van der Waals surface area contributed by atoms with Crippen molar-refractivity contribution in [2.24, 2.45) is 10.9 Å². The highest BCUT2D eigenvalue weighted by atomic mass is 79.9. The van der Waals surface area contributed by atoms with E-state index in [1.165, 1.54) is 7.11 Å². The van der Waals surface area contributed by atoms with Crippen LogP contribution in [0.1, 0.15) is 0 Å². The number of halogens is 1. The maximum atomic E-state index is 5.16. The summed E-state index contributed by atoms with van der Waals surface area (Å²) in [6.07, 6.45) is 0. The van der Waals surface area contributed by atoms with E-state index in [0.717, 1.165) is 0 Å². The molecule has 0 fully saturated rings. The molecule has 0 bridgehead atoms. The van der Waals surface area contributed by atoms with E-state index < -0.39 is 0 Å². The minimum atomic E-state index is 0.447. The third kappa shape index (κ3) is 3.58. The second-order valence-electron chi connectivity index (χ2n) is 0.899. The SMILES string of the molecule is CON=C(N)CBr. The van der Waals surface area contributed by atoms with E-state index >= 15 is 0 Å². The standard InChI is InChI=1S/C3H7BrN2O/c1-7-6-3(5)2-4/h2H2,1H3,(H2,5,6). The summed E-state index contributed by atoms with van der Waals surface area (Å²) >= 11 is 3.08. The Bertz CT molecular complexity index is 73.3. The third-order valence-electron chi connectivity index (χ3n) is 0.345. The predicted octanol–water partition coefficient (Wildman–Crippen LogP) is 0.300. The first-order chi connectivity index (χ1) is 3.31. The summed E-state index contributed by atoms with van der Waals surface area (Å²) < 4.78 is 0. The maximum absolute atomic E-state index is 5.16. The minimum absolute atomic E-state index is 0.447. The lowest BCUT2D eigenvalue weighted by Gasteiger charge is -1.88. The van der Waals surface area contributed by atoms with Crippen LogP contribution in [0.4, 0.5) is 0 Å². The number of rotatable bonds is 2. The molecule has 0 aromatic carbocycles. The quantitative estimate of drug-likeness (QED) is 0.278. The molecule has 0 heterocycles. The number of oxime groups is 1. The van der Waals surface area contributed by atoms with Gasteiger partial charge in [0.1, 0.15) is 12.9 Å². The molecule has 42 valence electrons. The summed E-state index contributed by atoms with van der Waals surface area (Å²) in [6.45, 7) is 0. The molecule has 0 saturated heterocycles. The molecular formula is C3H7BrN2O. The topological polar surface area (TPSA) is 47.6 Å². The van der Waals surface area contributed by atoms with Crippen molar-refractivity contribution in [2.75, 3.05) is 12.4 Å². The maximum Gasteiger partial charge on any atom is 0.149 e. The number of nitrogens with zero attached hydrogens (tertiary/aromatic N) is 1. The Morgan fingerprint density at radius 3 is 2.71 bits per heavy atom. The Balaban J connectivity index is 3.29. The summed E-state index contributed by atoms with van der Waals surface area (Å²) in [7, 11) is 1.45. The highest BCUT2D eigenvalue weighted by Gasteiger charge is 1.82. The van der Waals surface area contributed by atoms with Gasteiger partial charge in [-0.3, -0.25) is 0 Å². The Kier molecular flexibility index (Phi) is 3.78. The van der Waals surface area contributed by atoms with E-state index in [9.17, 15) is 0 Å². The molecule has 0 amide bonds. The molecule has 0 radical (unpaired) electrons. The fraction of sp³-hybridized carbons (Fsp3) is 0.667. The Morgan fingerprint density at radius 1 is 2.00 bits per heavy atom. The van der Waals surface area contributed by atoms with Gasteiger partial charge in [0.25, 0.3) is 0 Å². The van der Waals surface area contributed by atoms with Gasteiger partial charge >= 0.3 is 0 Å². The van der Waals surface area contributed by atoms with Crippen LogP contribution in [-0.2, 0) is 4.84 Å². The molecule has 0 atom stereocenters. The summed E-state index contributed by atoms with van der Waals surface area (Å²) in [4.78, 5) is 4.33. The van der Waals surface area contributed by atoms with Crippen molar-refractivity contribution in [1.29, 1.82) is 0 Å². The smallest absolute Gasteiger partial charge is 0.149 e. The van der Waals surface area contributed by atoms with Crippen molar-refractivity contribution < 1.29 is 4.84 Å². The fourth-order valence-electron chi connectivity index (χ4n) is 0.142. The van der Waals surface area contributed by atoms with Crippen molar-refractivity contribution in [3.05, 3.63) is 0 Å². The van der Waals surface area contributed by atoms with Gasteiger partial charge in [0.15, 0.2) is 0 Å². The van der Waals surface area contributed by atoms with Crippen molar-refractivity contribution in [3.63, 3.8) is 0 Å². The van der Waals surface area contributed by atoms with E-state index in [1.807, 2.05) is 0 Å². The van der Waals surface area contributed by atoms with Gasteiger partial charge in [-0.1, -0.05) is 21.1 Å². The van der Waals surface area contributed by atoms with Crippen molar-refractivity contribution in [2.45, 2.75) is 0 Å². The van der Waals surface area contributed by atoms with Gasteiger partial charge in [0.05, 0.1) is 5.33 Å². The molecule has 4 heteroatoms. The molecule has 0 aliphatic carbocycles. The van der Waals surface area contributed by atoms with Crippen LogP contribution in [0.5, 0.6) is 0 Å². The fourth-order valence-corrected chi connectivity index (χ4v) is 0.244. The Labute approximate surface area is 50.6 Å². The first-order valence-corrected chi connectivity index (χ1v) is 2.85. The molecule has 0 aliphatic heterocycles. The largest absolute Gasteiger partial charge is 0.398 e. The van der Waals surface area contributed by atoms with Gasteiger partial charge in [0, 0.05) is 0 Å². The van der Waals surface area contributed by atoms with Crippen LogP contribution in [0.2, 0.25) is 0 Å². The molecule has 2 N–H and O–H groups in total. The molecule has 0 spiro atoms. The molecule has 0 aromatic rings. The first kappa shape index (κ1) is 6.75. The average Bonchev–Trinajstić information content (AvgIpc) is 1.68. The number of hydrogen-bond donors (Lipinski definition) is 1. The number of alkyl halides is 1. The second kappa shape index (κ2) is 3.92. The normalized spacial score (nSPS) is 11.4. The van der Waals surface area contributed by atoms with Crippen LogP contribution in [0.15, 0.2) is 5.16 Å². The Morgan fingerprint density at radius 2 is 2.57 bits per heavy atom. The second-order valence-corrected chi connectivity index (χ2v) is 1.46. The van der Waals surface area contributed by atoms with Gasteiger partial charge < -0.3 is 10.6 Å². The van der Waals surface area contributed by atoms with Gasteiger partial charge in [-0.05, 0) is 0 Å². The summed E-state index contributed by atoms with van der Waals surface area (Å²) in [6, 6.07) is 0. The lowest BCUT2D eigenvalue weighted by molar-refractivity contribution is 0.213. The number of hydrogen-bond acceptors (Lipinski definition) is 2. The molecule has 3 nitrogen and oxygen atoms in total. The first-order valence-electron chi connectivity index (χ1n) is 1.72. The highest BCUT2D eigenvalue weighted by molar-refractivity contribution is 9.09. The van der Waals surface area contributed by atoms with Gasteiger partial charge in [-0.2, -0.15) is 0 Å². The third-order valence-corrected chi connectivity index (χ3v) is 0.920. The van der Waals surface area contributed by atoms with Crippen molar-refractivity contribution in [1.82, 2.24) is 0 Å². The summed E-state index contributed by atoms with van der Waals surface area (Å²) in [5.74, 6) is 0.447. The van der Waals surface area contributed by atoms with E-state index in [2.05, 4.69) is 25.9 Å². The molecule has 0 rings (SSSR count). The van der Waals surface area contributed by atoms with Crippen LogP contribution in [-0.4, -0.2) is 18.3 Å². The zero-order chi connectivity index (χ0) is 5.70. The van der Waals surface area contributed by atoms with Gasteiger partial charge in [0.2, 0.25) is 0 Å². The van der Waals surface area contributed by atoms with Gasteiger partial charge in [-0.15, -0.1) is 0 Å². The van der Waals surface area contributed by atoms with Crippen molar-refractivity contribution in [3.8, 4) is 0 Å². The van der Waals surface area contributed by atoms with Crippen molar-refractivity contribution >= 4 is 21.8 Å². The Hall–Kier alpha value is -0.250. The molecule has 0 saturated carbocycles. The number of nitrogens with two attached hydrogens (primary N) is 1. The van der Waals surface area contributed by atoms with Crippen LogP contribution >= 0.6 is 15.9 Å². The summed E-state index contributed by atoms with van der Waals surface area (Å²) in [5, 5.41) is 3.95. The number of amidine groups is 1. The van der Waals surface area contributed by atoms with E-state index in [4.69, 9.17) is 5.73 Å². The molecule has 0 unspecified atom stereocenters. The lowest BCUT2D eigenvalue weighted by atomic mass is 10.7. The predicted molar refractivity (Wildman–Crippen MR) is 32.4 cm³/mol. The molecular weight excluding hydrogens is 160 g/mol. The molecule has 0 aliphatic rings. The molecule has 7 heavy (non-hydrogen) atoms.